The van der Waals surface area contributed by atoms with Gasteiger partial charge in [0.15, 0.2) is 0 Å². The van der Waals surface area contributed by atoms with Crippen LogP contribution in [-0.2, 0) is 4.79 Å². The van der Waals surface area contributed by atoms with Gasteiger partial charge in [0.25, 0.3) is 5.91 Å². The molecular weight excluding hydrogens is 210 g/mol. The summed E-state index contributed by atoms with van der Waals surface area (Å²) in [6.45, 7) is 3.18. The highest BCUT2D eigenvalue weighted by atomic mass is 16.3. The van der Waals surface area contributed by atoms with Crippen LogP contribution < -0.4 is 10.6 Å². The van der Waals surface area contributed by atoms with Crippen molar-refractivity contribution >= 4 is 11.9 Å². The van der Waals surface area contributed by atoms with Crippen LogP contribution in [0.5, 0.6) is 0 Å². The minimum atomic E-state index is -0.726. The summed E-state index contributed by atoms with van der Waals surface area (Å²) in [5, 5.41) is 15.0. The average Bonchev–Trinajstić information content (AvgIpc) is 2.74. The second-order valence-corrected chi connectivity index (χ2v) is 4.53. The fourth-order valence-electron chi connectivity index (χ4n) is 2.18. The number of aliphatic hydroxyl groups excluding tert-OH is 1. The standard InChI is InChI=1S/C10H17N3O3/c1-7(14)2-5-13-8(15)10(12-9(13)16)3-4-11-6-10/h7,11,14H,2-6H2,1H3,(H,12,16). The van der Waals surface area contributed by atoms with E-state index in [0.717, 1.165) is 6.54 Å². The Morgan fingerprint density at radius 3 is 2.88 bits per heavy atom. The molecule has 2 aliphatic rings. The molecule has 2 saturated heterocycles. The number of carbonyl (C=O) groups excluding carboxylic acids is 2. The van der Waals surface area contributed by atoms with Gasteiger partial charge in [0.2, 0.25) is 0 Å². The van der Waals surface area contributed by atoms with Gasteiger partial charge in [-0.1, -0.05) is 0 Å². The molecule has 2 atom stereocenters. The summed E-state index contributed by atoms with van der Waals surface area (Å²) in [5.74, 6) is -0.164. The Morgan fingerprint density at radius 2 is 2.31 bits per heavy atom. The highest BCUT2D eigenvalue weighted by Crippen LogP contribution is 2.24. The van der Waals surface area contributed by atoms with Crippen LogP contribution in [0.1, 0.15) is 19.8 Å². The molecule has 3 N–H and O–H groups in total. The minimum Gasteiger partial charge on any atom is -0.393 e. The first-order valence-corrected chi connectivity index (χ1v) is 5.58. The van der Waals surface area contributed by atoms with E-state index in [-0.39, 0.29) is 18.5 Å². The van der Waals surface area contributed by atoms with Crippen molar-refractivity contribution < 1.29 is 14.7 Å². The maximum Gasteiger partial charge on any atom is 0.325 e. The molecule has 16 heavy (non-hydrogen) atoms. The fourth-order valence-corrected chi connectivity index (χ4v) is 2.18. The molecular formula is C10H17N3O3. The van der Waals surface area contributed by atoms with Crippen LogP contribution in [0.15, 0.2) is 0 Å². The van der Waals surface area contributed by atoms with Gasteiger partial charge >= 0.3 is 6.03 Å². The number of hydrogen-bond acceptors (Lipinski definition) is 4. The zero-order valence-corrected chi connectivity index (χ0v) is 9.32. The van der Waals surface area contributed by atoms with E-state index >= 15 is 0 Å². The van der Waals surface area contributed by atoms with Gasteiger partial charge in [0.1, 0.15) is 5.54 Å². The Morgan fingerprint density at radius 1 is 1.56 bits per heavy atom. The van der Waals surface area contributed by atoms with E-state index in [1.54, 1.807) is 6.92 Å². The van der Waals surface area contributed by atoms with Gasteiger partial charge in [-0.25, -0.2) is 4.79 Å². The molecule has 2 aliphatic heterocycles. The van der Waals surface area contributed by atoms with Gasteiger partial charge in [0.05, 0.1) is 6.10 Å². The third-order valence-electron chi connectivity index (χ3n) is 3.17. The van der Waals surface area contributed by atoms with E-state index in [2.05, 4.69) is 10.6 Å². The summed E-state index contributed by atoms with van der Waals surface area (Å²) in [5.41, 5.74) is -0.726. The Bertz CT molecular complexity index is 310. The smallest absolute Gasteiger partial charge is 0.325 e. The van der Waals surface area contributed by atoms with Crippen molar-refractivity contribution in [1.82, 2.24) is 15.5 Å². The number of rotatable bonds is 3. The molecule has 2 rings (SSSR count). The van der Waals surface area contributed by atoms with Crippen LogP contribution in [0, 0.1) is 0 Å². The van der Waals surface area contributed by atoms with Crippen LogP contribution in [0.3, 0.4) is 0 Å². The number of carbonyl (C=O) groups is 2. The van der Waals surface area contributed by atoms with Gasteiger partial charge in [-0.15, -0.1) is 0 Å². The van der Waals surface area contributed by atoms with Gasteiger partial charge in [-0.3, -0.25) is 9.69 Å². The number of hydrogen-bond donors (Lipinski definition) is 3. The third-order valence-corrected chi connectivity index (χ3v) is 3.17. The lowest BCUT2D eigenvalue weighted by Gasteiger charge is -2.19. The predicted molar refractivity (Wildman–Crippen MR) is 56.8 cm³/mol. The second-order valence-electron chi connectivity index (χ2n) is 4.53. The van der Waals surface area contributed by atoms with Crippen molar-refractivity contribution in [2.24, 2.45) is 0 Å². The number of amides is 3. The first-order valence-electron chi connectivity index (χ1n) is 5.58. The number of aliphatic hydroxyl groups is 1. The molecule has 6 heteroatoms. The van der Waals surface area contributed by atoms with Crippen LogP contribution in [0.25, 0.3) is 0 Å². The second kappa shape index (κ2) is 4.03. The number of nitrogens with one attached hydrogen (secondary N) is 2. The van der Waals surface area contributed by atoms with Crippen molar-refractivity contribution in [1.29, 1.82) is 0 Å². The van der Waals surface area contributed by atoms with Gasteiger partial charge < -0.3 is 15.7 Å². The third kappa shape index (κ3) is 1.78. The molecule has 2 heterocycles. The average molecular weight is 227 g/mol. The summed E-state index contributed by atoms with van der Waals surface area (Å²) in [4.78, 5) is 24.9. The van der Waals surface area contributed by atoms with Crippen molar-refractivity contribution in [2.45, 2.75) is 31.4 Å². The summed E-state index contributed by atoms with van der Waals surface area (Å²) >= 11 is 0. The van der Waals surface area contributed by atoms with Crippen molar-refractivity contribution in [3.8, 4) is 0 Å². The van der Waals surface area contributed by atoms with E-state index in [4.69, 9.17) is 5.11 Å². The van der Waals surface area contributed by atoms with Crippen LogP contribution >= 0.6 is 0 Å². The van der Waals surface area contributed by atoms with Crippen molar-refractivity contribution in [2.75, 3.05) is 19.6 Å². The van der Waals surface area contributed by atoms with E-state index in [1.807, 2.05) is 0 Å². The quantitative estimate of drug-likeness (QED) is 0.542. The lowest BCUT2D eigenvalue weighted by molar-refractivity contribution is -0.130. The van der Waals surface area contributed by atoms with E-state index < -0.39 is 11.6 Å². The maximum absolute atomic E-state index is 12.1. The molecule has 0 radical (unpaired) electrons. The monoisotopic (exact) mass is 227 g/mol. The highest BCUT2D eigenvalue weighted by molar-refractivity contribution is 6.07. The van der Waals surface area contributed by atoms with E-state index in [9.17, 15) is 9.59 Å². The van der Waals surface area contributed by atoms with Gasteiger partial charge in [-0.2, -0.15) is 0 Å². The maximum atomic E-state index is 12.1. The largest absolute Gasteiger partial charge is 0.393 e. The highest BCUT2D eigenvalue weighted by Gasteiger charge is 2.52. The van der Waals surface area contributed by atoms with Gasteiger partial charge in [-0.05, 0) is 26.3 Å². The molecule has 1 spiro atoms. The van der Waals surface area contributed by atoms with Crippen molar-refractivity contribution in [3.05, 3.63) is 0 Å². The van der Waals surface area contributed by atoms with Crippen LogP contribution in [0.4, 0.5) is 4.79 Å². The molecule has 0 aromatic heterocycles. The normalized spacial score (nSPS) is 31.2. The first kappa shape index (κ1) is 11.3. The number of urea groups is 1. The van der Waals surface area contributed by atoms with Gasteiger partial charge in [0, 0.05) is 13.1 Å². The molecule has 6 nitrogen and oxygen atoms in total. The molecule has 0 bridgehead atoms. The molecule has 90 valence electrons. The summed E-state index contributed by atoms with van der Waals surface area (Å²) in [6.07, 6.45) is 0.560. The number of nitrogens with zero attached hydrogens (tertiary/aromatic N) is 1. The van der Waals surface area contributed by atoms with E-state index in [0.29, 0.717) is 19.4 Å². The Kier molecular flexibility index (Phi) is 2.86. The Balaban J connectivity index is 2.05. The topological polar surface area (TPSA) is 81.7 Å². The molecule has 0 aromatic carbocycles. The first-order chi connectivity index (χ1) is 7.55. The molecule has 0 aromatic rings. The minimum absolute atomic E-state index is 0.164. The Labute approximate surface area is 94.0 Å². The lowest BCUT2D eigenvalue weighted by atomic mass is 9.99. The summed E-state index contributed by atoms with van der Waals surface area (Å²) < 4.78 is 0. The Hall–Kier alpha value is -1.14. The lowest BCUT2D eigenvalue weighted by Crippen LogP contribution is -2.48. The molecule has 0 saturated carbocycles. The fraction of sp³-hybridized carbons (Fsp3) is 0.800. The summed E-state index contributed by atoms with van der Waals surface area (Å²) in [7, 11) is 0. The zero-order valence-electron chi connectivity index (χ0n) is 9.32. The molecule has 2 unspecified atom stereocenters. The van der Waals surface area contributed by atoms with Crippen molar-refractivity contribution in [3.63, 3.8) is 0 Å². The predicted octanol–water partition coefficient (Wildman–Crippen LogP) is -0.959. The SMILES string of the molecule is CC(O)CCN1C(=O)NC2(CCNC2)C1=O. The molecule has 0 aliphatic carbocycles. The summed E-state index contributed by atoms with van der Waals surface area (Å²) in [6, 6.07) is -0.339. The zero-order chi connectivity index (χ0) is 11.8. The van der Waals surface area contributed by atoms with Crippen LogP contribution in [0.2, 0.25) is 0 Å². The molecule has 2 fully saturated rings. The molecule has 3 amide bonds. The van der Waals surface area contributed by atoms with E-state index in [1.165, 1.54) is 4.90 Å². The van der Waals surface area contributed by atoms with Crippen LogP contribution in [-0.4, -0.2) is 53.2 Å². The number of imide groups is 1.